The Bertz CT molecular complexity index is 646. The first-order valence-electron chi connectivity index (χ1n) is 8.86. The highest BCUT2D eigenvalue weighted by molar-refractivity contribution is 7.91. The Kier molecular flexibility index (Phi) is 14.6. The second-order valence-corrected chi connectivity index (χ2v) is 11.0. The number of carboxylic acid groups (broad SMARTS) is 2. The number of hydrogen-bond donors (Lipinski definition) is 2. The summed E-state index contributed by atoms with van der Waals surface area (Å²) in [6.07, 6.45) is 5.60. The Balaban J connectivity index is 0. The molecule has 0 aliphatic heterocycles. The van der Waals surface area contributed by atoms with Crippen LogP contribution in [0.1, 0.15) is 39.5 Å². The van der Waals surface area contributed by atoms with Gasteiger partial charge in [-0.05, 0) is 25.7 Å². The lowest BCUT2D eigenvalue weighted by atomic mass is 10.2. The minimum atomic E-state index is -3.23. The highest BCUT2D eigenvalue weighted by Crippen LogP contribution is 2.06. The van der Waals surface area contributed by atoms with Crippen molar-refractivity contribution in [2.45, 2.75) is 39.5 Å². The summed E-state index contributed by atoms with van der Waals surface area (Å²) in [4.78, 5) is 20.9. The number of carbonyl (C=O) groups is 2. The summed E-state index contributed by atoms with van der Waals surface area (Å²) in [6.45, 7) is 9.75. The average Bonchev–Trinajstić information content (AvgIpc) is 2.54. The summed E-state index contributed by atoms with van der Waals surface area (Å²) < 4.78 is 45.3. The van der Waals surface area contributed by atoms with Gasteiger partial charge in [-0.3, -0.25) is 9.59 Å². The van der Waals surface area contributed by atoms with Crippen LogP contribution in [0.25, 0.3) is 0 Å². The molecule has 2 unspecified atom stereocenters. The number of sulfone groups is 2. The number of allylic oxidation sites excluding steroid dienone is 2. The van der Waals surface area contributed by atoms with Crippen LogP contribution in [-0.2, 0) is 29.3 Å². The van der Waals surface area contributed by atoms with Crippen molar-refractivity contribution >= 4 is 31.6 Å². The third kappa shape index (κ3) is 16.5. The van der Waals surface area contributed by atoms with E-state index in [2.05, 4.69) is 13.2 Å². The Morgan fingerprint density at radius 1 is 0.786 bits per heavy atom. The molecule has 0 radical (unpaired) electrons. The summed E-state index contributed by atoms with van der Waals surface area (Å²) in [6, 6.07) is 0. The van der Waals surface area contributed by atoms with Gasteiger partial charge in [0.05, 0.1) is 34.8 Å². The van der Waals surface area contributed by atoms with E-state index in [9.17, 15) is 26.4 Å². The highest BCUT2D eigenvalue weighted by Gasteiger charge is 2.21. The average molecular weight is 441 g/mol. The summed E-state index contributed by atoms with van der Waals surface area (Å²) >= 11 is 0. The highest BCUT2D eigenvalue weighted by atomic mass is 32.2. The molecule has 0 aliphatic carbocycles. The molecular weight excluding hydrogens is 408 g/mol. The fourth-order valence-electron chi connectivity index (χ4n) is 1.97. The normalized spacial score (nSPS) is 13.5. The molecule has 0 aromatic heterocycles. The van der Waals surface area contributed by atoms with Crippen LogP contribution in [0.3, 0.4) is 0 Å². The van der Waals surface area contributed by atoms with Crippen LogP contribution >= 0.6 is 0 Å². The first-order chi connectivity index (χ1) is 12.8. The van der Waals surface area contributed by atoms with Crippen LogP contribution in [-0.4, -0.2) is 62.0 Å². The van der Waals surface area contributed by atoms with Crippen molar-refractivity contribution in [1.29, 1.82) is 0 Å². The SMILES string of the molecule is C=CCCCS(=O)(=O)CC(C)C(=O)O.C=CCCCS(=O)(=O)CC(C)C(=O)O. The lowest BCUT2D eigenvalue weighted by Gasteiger charge is -2.06. The lowest BCUT2D eigenvalue weighted by molar-refractivity contribution is -0.141. The quantitative estimate of drug-likeness (QED) is 0.309. The maximum Gasteiger partial charge on any atom is 0.307 e. The molecule has 0 bridgehead atoms. The van der Waals surface area contributed by atoms with E-state index in [0.717, 1.165) is 0 Å². The van der Waals surface area contributed by atoms with Crippen molar-refractivity contribution < 1.29 is 36.6 Å². The number of carboxylic acids is 2. The predicted octanol–water partition coefficient (Wildman–Crippen LogP) is 2.18. The van der Waals surface area contributed by atoms with Gasteiger partial charge in [0.15, 0.2) is 19.7 Å². The summed E-state index contributed by atoms with van der Waals surface area (Å²) in [5.41, 5.74) is 0. The van der Waals surface area contributed by atoms with Crippen molar-refractivity contribution in [2.24, 2.45) is 11.8 Å². The van der Waals surface area contributed by atoms with Gasteiger partial charge in [0, 0.05) is 0 Å². The van der Waals surface area contributed by atoms with Crippen LogP contribution in [0, 0.1) is 11.8 Å². The third-order valence-electron chi connectivity index (χ3n) is 3.58. The van der Waals surface area contributed by atoms with E-state index in [-0.39, 0.29) is 23.0 Å². The fourth-order valence-corrected chi connectivity index (χ4v) is 5.32. The monoisotopic (exact) mass is 440 g/mol. The van der Waals surface area contributed by atoms with Gasteiger partial charge in [-0.1, -0.05) is 26.0 Å². The van der Waals surface area contributed by atoms with E-state index in [4.69, 9.17) is 10.2 Å². The first-order valence-corrected chi connectivity index (χ1v) is 12.5. The smallest absolute Gasteiger partial charge is 0.307 e. The zero-order valence-electron chi connectivity index (χ0n) is 16.5. The molecule has 0 heterocycles. The van der Waals surface area contributed by atoms with Crippen molar-refractivity contribution in [3.8, 4) is 0 Å². The van der Waals surface area contributed by atoms with Crippen LogP contribution < -0.4 is 0 Å². The molecule has 164 valence electrons. The lowest BCUT2D eigenvalue weighted by Crippen LogP contribution is -2.22. The number of rotatable bonds is 14. The topological polar surface area (TPSA) is 143 Å². The molecule has 0 aliphatic rings. The predicted molar refractivity (Wildman–Crippen MR) is 110 cm³/mol. The maximum absolute atomic E-state index is 11.3. The molecule has 0 aromatic carbocycles. The van der Waals surface area contributed by atoms with Crippen molar-refractivity contribution in [3.63, 3.8) is 0 Å². The first kappa shape index (κ1) is 28.5. The summed E-state index contributed by atoms with van der Waals surface area (Å²) in [5, 5.41) is 17.1. The van der Waals surface area contributed by atoms with Crippen molar-refractivity contribution in [2.75, 3.05) is 23.0 Å². The zero-order chi connectivity index (χ0) is 22.4. The molecule has 0 amide bonds. The largest absolute Gasteiger partial charge is 0.481 e. The standard InChI is InChI=1S/2C9H16O4S/c2*1-3-4-5-6-14(12,13)7-8(2)9(10)11/h2*3,8H,1,4-7H2,2H3,(H,10,11). The van der Waals surface area contributed by atoms with Gasteiger partial charge in [-0.25, -0.2) is 16.8 Å². The Labute approximate surface area is 168 Å². The molecule has 2 atom stereocenters. The van der Waals surface area contributed by atoms with E-state index in [1.54, 1.807) is 12.2 Å². The minimum Gasteiger partial charge on any atom is -0.481 e. The van der Waals surface area contributed by atoms with Gasteiger partial charge in [-0.2, -0.15) is 0 Å². The molecule has 0 spiro atoms. The molecule has 2 N–H and O–H groups in total. The van der Waals surface area contributed by atoms with Gasteiger partial charge in [-0.15, -0.1) is 13.2 Å². The van der Waals surface area contributed by atoms with E-state index < -0.39 is 43.4 Å². The molecule has 0 saturated heterocycles. The summed E-state index contributed by atoms with van der Waals surface area (Å²) in [5.74, 6) is -4.28. The molecule has 0 saturated carbocycles. The molecule has 28 heavy (non-hydrogen) atoms. The van der Waals surface area contributed by atoms with Crippen LogP contribution in [0.4, 0.5) is 0 Å². The molecular formula is C18H32O8S2. The van der Waals surface area contributed by atoms with E-state index in [1.165, 1.54) is 13.8 Å². The van der Waals surface area contributed by atoms with Gasteiger partial charge in [0.1, 0.15) is 0 Å². The fraction of sp³-hybridized carbons (Fsp3) is 0.667. The second kappa shape index (κ2) is 14.3. The van der Waals surface area contributed by atoms with E-state index in [1.807, 2.05) is 0 Å². The molecule has 0 rings (SSSR count). The molecule has 10 heteroatoms. The van der Waals surface area contributed by atoms with Crippen LogP contribution in [0.2, 0.25) is 0 Å². The van der Waals surface area contributed by atoms with E-state index >= 15 is 0 Å². The van der Waals surface area contributed by atoms with Gasteiger partial charge in [0.25, 0.3) is 0 Å². The summed E-state index contributed by atoms with van der Waals surface area (Å²) in [7, 11) is -6.45. The second-order valence-electron chi connectivity index (χ2n) is 6.57. The molecule has 8 nitrogen and oxygen atoms in total. The van der Waals surface area contributed by atoms with E-state index in [0.29, 0.717) is 25.7 Å². The Hall–Kier alpha value is -1.68. The van der Waals surface area contributed by atoms with Gasteiger partial charge >= 0.3 is 11.9 Å². The van der Waals surface area contributed by atoms with Crippen LogP contribution in [0.15, 0.2) is 25.3 Å². The zero-order valence-corrected chi connectivity index (χ0v) is 18.2. The number of unbranched alkanes of at least 4 members (excludes halogenated alkanes) is 2. The Morgan fingerprint density at radius 2 is 1.07 bits per heavy atom. The number of aliphatic carboxylic acids is 2. The minimum absolute atomic E-state index is 0.0383. The van der Waals surface area contributed by atoms with Gasteiger partial charge < -0.3 is 10.2 Å². The van der Waals surface area contributed by atoms with Crippen molar-refractivity contribution in [3.05, 3.63) is 25.3 Å². The molecule has 0 fully saturated rings. The van der Waals surface area contributed by atoms with Crippen molar-refractivity contribution in [1.82, 2.24) is 0 Å². The van der Waals surface area contributed by atoms with Crippen LogP contribution in [0.5, 0.6) is 0 Å². The molecule has 0 aromatic rings. The van der Waals surface area contributed by atoms with Gasteiger partial charge in [0.2, 0.25) is 0 Å². The third-order valence-corrected chi connectivity index (χ3v) is 7.42. The maximum atomic E-state index is 11.3. The number of hydrogen-bond acceptors (Lipinski definition) is 6. The Morgan fingerprint density at radius 3 is 1.29 bits per heavy atom.